The monoisotopic (exact) mass is 510 g/mol. The van der Waals surface area contributed by atoms with Crippen LogP contribution in [-0.4, -0.2) is 75.5 Å². The summed E-state index contributed by atoms with van der Waals surface area (Å²) < 4.78 is 8.88. The molecule has 1 aromatic heterocycles. The van der Waals surface area contributed by atoms with E-state index in [1.807, 2.05) is 0 Å². The summed E-state index contributed by atoms with van der Waals surface area (Å²) in [4.78, 5) is 62.7. The first-order valence-corrected chi connectivity index (χ1v) is 11.4. The molecule has 3 rings (SSSR count). The number of carboxylic acid groups (broad SMARTS) is 1. The van der Waals surface area contributed by atoms with E-state index in [1.54, 1.807) is 0 Å². The highest BCUT2D eigenvalue weighted by Crippen LogP contribution is 2.40. The Balaban J connectivity index is 0.000000770. The summed E-state index contributed by atoms with van der Waals surface area (Å²) in [5, 5.41) is 24.9. The summed E-state index contributed by atoms with van der Waals surface area (Å²) >= 11 is 2.37. The second kappa shape index (κ2) is 10.7. The third kappa shape index (κ3) is 6.13. The molecule has 0 aromatic carbocycles. The van der Waals surface area contributed by atoms with E-state index in [0.717, 1.165) is 16.2 Å². The van der Waals surface area contributed by atoms with Gasteiger partial charge in [-0.05, 0) is 5.57 Å². The van der Waals surface area contributed by atoms with Gasteiger partial charge in [-0.3, -0.25) is 14.5 Å². The highest BCUT2D eigenvalue weighted by atomic mass is 32.2. The third-order valence-corrected chi connectivity index (χ3v) is 5.79. The molecule has 32 heavy (non-hydrogen) atoms. The van der Waals surface area contributed by atoms with Gasteiger partial charge in [0.25, 0.3) is 11.8 Å². The topological polar surface area (TPSA) is 271 Å². The summed E-state index contributed by atoms with van der Waals surface area (Å²) in [5.74, 6) is -2.27. The minimum Gasteiger partial charge on any atom is -0.477 e. The minimum atomic E-state index is -4.64. The molecule has 2 aliphatic rings. The van der Waals surface area contributed by atoms with Crippen LogP contribution in [0.3, 0.4) is 0 Å². The Labute approximate surface area is 188 Å². The molecule has 0 radical (unpaired) electrons. The number of amides is 2. The number of allylic oxidation sites excluding steroid dienone is 1. The maximum Gasteiger partial charge on any atom is 0.466 e. The van der Waals surface area contributed by atoms with Gasteiger partial charge in [-0.1, -0.05) is 17.8 Å². The van der Waals surface area contributed by atoms with E-state index >= 15 is 0 Å². The van der Waals surface area contributed by atoms with E-state index in [9.17, 15) is 19.5 Å². The number of β-lactam (4-membered cyclic amide) rings is 1. The maximum atomic E-state index is 12.4. The summed E-state index contributed by atoms with van der Waals surface area (Å²) in [5.41, 5.74) is 5.49. The highest BCUT2D eigenvalue weighted by molar-refractivity contribution is 8.00. The zero-order valence-corrected chi connectivity index (χ0v) is 18.5. The van der Waals surface area contributed by atoms with Gasteiger partial charge in [0.2, 0.25) is 0 Å². The van der Waals surface area contributed by atoms with Crippen LogP contribution in [0.4, 0.5) is 5.13 Å². The van der Waals surface area contributed by atoms with Crippen LogP contribution in [0.2, 0.25) is 0 Å². The highest BCUT2D eigenvalue weighted by Gasteiger charge is 2.54. The number of carbonyl (C=O) groups is 3. The van der Waals surface area contributed by atoms with Crippen molar-refractivity contribution in [2.45, 2.75) is 11.4 Å². The van der Waals surface area contributed by atoms with Crippen LogP contribution in [-0.2, 0) is 18.9 Å². The molecule has 1 aromatic rings. The lowest BCUT2D eigenvalue weighted by Crippen LogP contribution is -2.71. The quantitative estimate of drug-likeness (QED) is 0.0782. The number of hydrogen-bond donors (Lipinski definition) is 8. The number of fused-ring (bicyclic) bond motifs is 1. The van der Waals surface area contributed by atoms with E-state index in [1.165, 1.54) is 23.2 Å². The Morgan fingerprint density at radius 3 is 2.44 bits per heavy atom. The lowest BCUT2D eigenvalue weighted by atomic mass is 10.0. The largest absolute Gasteiger partial charge is 0.477 e. The fourth-order valence-electron chi connectivity index (χ4n) is 2.62. The van der Waals surface area contributed by atoms with Crippen LogP contribution in [0.5, 0.6) is 0 Å². The Hall–Kier alpha value is -2.79. The Bertz CT molecular complexity index is 1030. The van der Waals surface area contributed by atoms with Gasteiger partial charge >= 0.3 is 13.8 Å². The van der Waals surface area contributed by atoms with Crippen molar-refractivity contribution in [3.63, 3.8) is 0 Å². The van der Waals surface area contributed by atoms with Gasteiger partial charge in [0.1, 0.15) is 22.8 Å². The van der Waals surface area contributed by atoms with Crippen molar-refractivity contribution in [3.8, 4) is 0 Å². The van der Waals surface area contributed by atoms with E-state index < -0.39 is 37.0 Å². The first-order chi connectivity index (χ1) is 14.4. The van der Waals surface area contributed by atoms with Crippen LogP contribution < -0.4 is 17.2 Å². The summed E-state index contributed by atoms with van der Waals surface area (Å²) in [6.07, 6.45) is 1.40. The van der Waals surface area contributed by atoms with Crippen molar-refractivity contribution >= 4 is 59.5 Å². The zero-order valence-electron chi connectivity index (χ0n) is 16.0. The Kier molecular flexibility index (Phi) is 9.10. The number of nitrogens with two attached hydrogens (primary N) is 1. The van der Waals surface area contributed by atoms with Crippen molar-refractivity contribution in [2.24, 2.45) is 5.16 Å². The number of oxime groups is 1. The number of thiazole rings is 1. The molecule has 0 unspecified atom stereocenters. The molecule has 3 heterocycles. The van der Waals surface area contributed by atoms with E-state index in [4.69, 9.17) is 30.2 Å². The summed E-state index contributed by atoms with van der Waals surface area (Å²) in [6.45, 7) is 3.56. The van der Waals surface area contributed by atoms with E-state index in [2.05, 4.69) is 22.0 Å². The molecule has 0 bridgehead atoms. The normalized spacial score (nSPS) is 20.2. The molecule has 15 nitrogen and oxygen atoms in total. The summed E-state index contributed by atoms with van der Waals surface area (Å²) in [6, 6.07) is -0.944. The molecule has 0 aliphatic carbocycles. The predicted molar refractivity (Wildman–Crippen MR) is 114 cm³/mol. The van der Waals surface area contributed by atoms with Gasteiger partial charge in [0.15, 0.2) is 10.8 Å². The molecule has 18 heteroatoms. The Morgan fingerprint density at radius 1 is 1.41 bits per heavy atom. The standard InChI is InChI=1S/C14H13N5O5S2.H3N.H3O4P/c1-2-5-3-25-12-8(11(21)19(12)9(5)13(22)23)17-10(20)7(18-24)6-4-26-14(15)16-6;;1-5(2,3)4/h2,4,8,12,24H,1,3H2,(H2,15,16)(H,17,20)(H,22,23);1H3;(H3,1,2,3,4)/t8-,12-;;/m1../s1. The third-order valence-electron chi connectivity index (χ3n) is 3.81. The molecule has 0 saturated carbocycles. The van der Waals surface area contributed by atoms with Crippen LogP contribution in [0, 0.1) is 0 Å². The van der Waals surface area contributed by atoms with Gasteiger partial charge in [0.05, 0.1) is 0 Å². The molecule has 1 saturated heterocycles. The molecule has 11 N–H and O–H groups in total. The number of phosphoric acid groups is 1. The molecule has 2 atom stereocenters. The molecule has 176 valence electrons. The zero-order chi connectivity index (χ0) is 23.5. The van der Waals surface area contributed by atoms with E-state index in [-0.39, 0.29) is 28.4 Å². The average Bonchev–Trinajstić information content (AvgIpc) is 3.09. The second-order valence-electron chi connectivity index (χ2n) is 5.78. The smallest absolute Gasteiger partial charge is 0.466 e. The second-order valence-corrected chi connectivity index (χ2v) is 8.80. The number of carboxylic acids is 1. The van der Waals surface area contributed by atoms with Crippen LogP contribution in [0.15, 0.2) is 34.5 Å². The predicted octanol–water partition coefficient (Wildman–Crippen LogP) is -0.938. The lowest BCUT2D eigenvalue weighted by Gasteiger charge is -2.49. The number of carbonyl (C=O) groups excluding carboxylic acids is 2. The van der Waals surface area contributed by atoms with Gasteiger partial charge in [-0.15, -0.1) is 23.1 Å². The number of nitrogens with one attached hydrogen (secondary N) is 1. The maximum absolute atomic E-state index is 12.4. The van der Waals surface area contributed by atoms with Crippen LogP contribution in [0.1, 0.15) is 5.69 Å². The number of nitrogens with zero attached hydrogens (tertiary/aromatic N) is 3. The van der Waals surface area contributed by atoms with Crippen molar-refractivity contribution in [1.82, 2.24) is 21.4 Å². The number of hydrogen-bond acceptors (Lipinski definition) is 11. The average molecular weight is 510 g/mol. The first-order valence-electron chi connectivity index (χ1n) is 7.95. The van der Waals surface area contributed by atoms with Crippen molar-refractivity contribution in [2.75, 3.05) is 11.5 Å². The van der Waals surface area contributed by atoms with Crippen molar-refractivity contribution < 1.29 is 43.9 Å². The van der Waals surface area contributed by atoms with Gasteiger partial charge in [-0.2, -0.15) is 0 Å². The fourth-order valence-corrected chi connectivity index (χ4v) is 4.51. The fraction of sp³-hybridized carbons (Fsp3) is 0.214. The molecule has 1 fully saturated rings. The number of rotatable bonds is 5. The van der Waals surface area contributed by atoms with Crippen LogP contribution in [0.25, 0.3) is 0 Å². The number of anilines is 1. The van der Waals surface area contributed by atoms with Gasteiger partial charge in [0, 0.05) is 11.1 Å². The molecular formula is C14H19N6O9PS2. The SMILES string of the molecule is C=CC1=C(C(=O)O)N2C(=O)[C@@H](NC(=O)C(=NO)c3csc(N)n3)[C@H]2SC1.N.O=P(O)(O)O. The van der Waals surface area contributed by atoms with Crippen molar-refractivity contribution in [1.29, 1.82) is 0 Å². The Morgan fingerprint density at radius 2 is 2.00 bits per heavy atom. The molecule has 0 spiro atoms. The molecular weight excluding hydrogens is 491 g/mol. The van der Waals surface area contributed by atoms with Crippen molar-refractivity contribution in [3.05, 3.63) is 35.0 Å². The van der Waals surface area contributed by atoms with Gasteiger partial charge < -0.3 is 42.2 Å². The van der Waals surface area contributed by atoms with Crippen LogP contribution >= 0.6 is 30.9 Å². The molecule has 2 aliphatic heterocycles. The lowest BCUT2D eigenvalue weighted by molar-refractivity contribution is -0.150. The minimum absolute atomic E-state index is 0. The summed E-state index contributed by atoms with van der Waals surface area (Å²) in [7, 11) is -4.64. The number of aromatic nitrogens is 1. The molecule has 2 amide bonds. The number of nitrogen functional groups attached to an aromatic ring is 1. The number of aliphatic carboxylic acids is 1. The van der Waals surface area contributed by atoms with Gasteiger partial charge in [-0.25, -0.2) is 14.3 Å². The number of thioether (sulfide) groups is 1. The van der Waals surface area contributed by atoms with E-state index in [0.29, 0.717) is 11.3 Å². The first kappa shape index (κ1) is 27.2.